The van der Waals surface area contributed by atoms with E-state index in [1.165, 1.54) is 6.92 Å². The second-order valence-electron chi connectivity index (χ2n) is 29.3. The van der Waals surface area contributed by atoms with Crippen LogP contribution in [-0.4, -0.2) is 243 Å². The normalized spacial score (nSPS) is 49.9. The average molecular weight is 1240 g/mol. The summed E-state index contributed by atoms with van der Waals surface area (Å²) < 4.78 is 76.0. The van der Waals surface area contributed by atoms with Crippen molar-refractivity contribution >= 4 is 11.9 Å². The molecule has 0 aromatic rings. The van der Waals surface area contributed by atoms with Crippen molar-refractivity contribution in [3.05, 3.63) is 0 Å². The summed E-state index contributed by atoms with van der Waals surface area (Å²) >= 11 is 0. The van der Waals surface area contributed by atoms with Gasteiger partial charge in [-0.05, 0) is 120 Å². The van der Waals surface area contributed by atoms with Crippen LogP contribution in [0.15, 0.2) is 0 Å². The highest BCUT2D eigenvalue weighted by atomic mass is 16.8. The Morgan fingerprint density at radius 3 is 1.43 bits per heavy atom. The van der Waals surface area contributed by atoms with Gasteiger partial charge in [0.15, 0.2) is 18.4 Å². The van der Waals surface area contributed by atoms with Gasteiger partial charge in [0, 0.05) is 61.9 Å². The second kappa shape index (κ2) is 28.0. The summed E-state index contributed by atoms with van der Waals surface area (Å²) in [4.78, 5) is 31.8. The van der Waals surface area contributed by atoms with Crippen molar-refractivity contribution in [2.24, 2.45) is 47.3 Å². The quantitative estimate of drug-likeness (QED) is 0.153. The zero-order valence-electron chi connectivity index (χ0n) is 55.7. The highest BCUT2D eigenvalue weighted by Crippen LogP contribution is 2.52. The van der Waals surface area contributed by atoms with Crippen LogP contribution in [0.2, 0.25) is 0 Å². The summed E-state index contributed by atoms with van der Waals surface area (Å²) in [6.45, 7) is 39.4. The fourth-order valence-corrected chi connectivity index (χ4v) is 17.1. The predicted molar refractivity (Wildman–Crippen MR) is 319 cm³/mol. The van der Waals surface area contributed by atoms with Crippen LogP contribution in [-0.2, 0) is 66.4 Å². The Hall–Kier alpha value is -1.78. The second-order valence-corrected chi connectivity index (χ2v) is 29.3. The summed E-state index contributed by atoms with van der Waals surface area (Å²) in [6.07, 6.45) is -8.17. The van der Waals surface area contributed by atoms with E-state index in [-0.39, 0.29) is 60.7 Å². The van der Waals surface area contributed by atoms with Crippen molar-refractivity contribution in [2.75, 3.05) is 52.6 Å². The first kappa shape index (κ1) is 71.1. The molecule has 0 amide bonds. The van der Waals surface area contributed by atoms with E-state index in [9.17, 15) is 40.2 Å². The summed E-state index contributed by atoms with van der Waals surface area (Å²) in [6, 6.07) is -0.314. The molecule has 4 bridgehead atoms. The SMILES string of the molecule is CC[C@@H](O)[C@@](C)(O)[C@@H]1OC(=O)[C@H](C)[C@@H](O)[C@H](C)[C@@H](O[C@@H]2OC(C)CC(N3CCOCC3)C2O)[C@]2(C)CC(C)C(O2)[C@@H]1C.CC[C@H]1OC(C)(C)O[C@@]1(C)[C@@H]1OC(=O)[C@H](C)[C@@H](O)[C@H](C)[C@@H](O[C@@H]2OC(C)CC(N3CCOCC3)C2O)[C@]2(C)CC(C)C(O2)[C@@H]1C. The highest BCUT2D eigenvalue weighted by Gasteiger charge is 2.63. The fraction of sp³-hybridized carbons (Fsp3) is 0.969. The van der Waals surface area contributed by atoms with Gasteiger partial charge in [0.2, 0.25) is 0 Å². The van der Waals surface area contributed by atoms with E-state index in [0.717, 1.165) is 26.2 Å². The van der Waals surface area contributed by atoms with Gasteiger partial charge in [0.1, 0.15) is 35.6 Å². The maximum Gasteiger partial charge on any atom is 0.311 e. The average Bonchev–Trinajstić information content (AvgIpc) is 1.66. The molecule has 22 heteroatoms. The van der Waals surface area contributed by atoms with Crippen LogP contribution in [0.1, 0.15) is 163 Å². The minimum atomic E-state index is -1.74. The summed E-state index contributed by atoms with van der Waals surface area (Å²) in [5, 5.41) is 68.6. The van der Waals surface area contributed by atoms with Gasteiger partial charge >= 0.3 is 11.9 Å². The molecule has 0 aliphatic carbocycles. The molecule has 0 saturated carbocycles. The first-order chi connectivity index (χ1) is 40.6. The molecule has 9 aliphatic heterocycles. The van der Waals surface area contributed by atoms with E-state index in [4.69, 9.17) is 56.8 Å². The molecule has 6 N–H and O–H groups in total. The number of hydrogen-bond donors (Lipinski definition) is 6. The molecule has 10 unspecified atom stereocenters. The smallest absolute Gasteiger partial charge is 0.311 e. The van der Waals surface area contributed by atoms with Crippen molar-refractivity contribution in [1.29, 1.82) is 0 Å². The number of rotatable bonds is 11. The Balaban J connectivity index is 0.000000226. The van der Waals surface area contributed by atoms with Crippen LogP contribution < -0.4 is 0 Å². The number of cyclic esters (lactones) is 2. The van der Waals surface area contributed by atoms with Gasteiger partial charge in [-0.25, -0.2) is 0 Å². The van der Waals surface area contributed by atoms with Crippen molar-refractivity contribution < 1.29 is 97.1 Å². The molecule has 9 fully saturated rings. The number of carbonyl (C=O) groups excluding carboxylic acids is 2. The van der Waals surface area contributed by atoms with Gasteiger partial charge in [-0.2, -0.15) is 0 Å². The maximum absolute atomic E-state index is 13.8. The van der Waals surface area contributed by atoms with Gasteiger partial charge in [-0.1, -0.05) is 55.4 Å². The third kappa shape index (κ3) is 14.6. The molecule has 0 radical (unpaired) electrons. The van der Waals surface area contributed by atoms with Crippen LogP contribution in [0.3, 0.4) is 0 Å². The van der Waals surface area contributed by atoms with E-state index in [0.29, 0.717) is 58.5 Å². The molecule has 0 aromatic carbocycles. The minimum absolute atomic E-state index is 0.0229. The summed E-state index contributed by atoms with van der Waals surface area (Å²) in [5.74, 6) is -5.66. The number of aliphatic hydroxyl groups is 6. The van der Waals surface area contributed by atoms with Crippen molar-refractivity contribution in [2.45, 2.75) is 301 Å². The van der Waals surface area contributed by atoms with E-state index in [1.54, 1.807) is 20.8 Å². The van der Waals surface area contributed by atoms with Crippen molar-refractivity contribution in [1.82, 2.24) is 9.80 Å². The molecular weight excluding hydrogens is 1130 g/mol. The molecular formula is C65H114N2O20. The minimum Gasteiger partial charge on any atom is -0.459 e. The number of ether oxygens (including phenoxy) is 12. The lowest BCUT2D eigenvalue weighted by Crippen LogP contribution is -2.61. The van der Waals surface area contributed by atoms with E-state index in [1.807, 2.05) is 83.1 Å². The number of esters is 2. The van der Waals surface area contributed by atoms with Crippen LogP contribution in [0.25, 0.3) is 0 Å². The van der Waals surface area contributed by atoms with Crippen LogP contribution >= 0.6 is 0 Å². The zero-order valence-corrected chi connectivity index (χ0v) is 55.7. The molecule has 9 heterocycles. The number of aliphatic hydroxyl groups excluding tert-OH is 5. The largest absolute Gasteiger partial charge is 0.459 e. The maximum atomic E-state index is 13.8. The number of fused-ring (bicyclic) bond motifs is 4. The van der Waals surface area contributed by atoms with Crippen molar-refractivity contribution in [3.63, 3.8) is 0 Å². The first-order valence-corrected chi connectivity index (χ1v) is 33.2. The number of morpholine rings is 2. The molecule has 9 aliphatic rings. The summed E-state index contributed by atoms with van der Waals surface area (Å²) in [5.41, 5.74) is -4.42. The highest BCUT2D eigenvalue weighted by molar-refractivity contribution is 5.73. The standard InChI is InChI=1S/C34H59NO10.C31H55NO10/c1-11-24-34(10,45-32(7,8)43-24)29-22(6)27-18(2)17-33(9,44-27)28(20(4)25(36)21(5)30(38)41-29)42-31-26(37)23(16-19(3)40-31)35-12-14-39-15-13-35;1-9-22(33)31(8,37)27-20(6)25-16(2)15-30(7,42-25)26(18(4)23(34)19(5)28(36)40-27)41-29-24(35)21(14-17(3)39-29)32-10-12-38-13-11-32/h18-29,31,36-37H,11-17H2,1-10H3;16-27,29,33-35,37H,9-15H2,1-8H3/t18?,19?,20-,21+,22-,23?,24+,25-,26?,27?,28+,29+,31-,33-,34+;16?,17?,18-,19+,20-,21?,22+,23-,24?,25?,26+,27+,29-,30-,31+/m00/s1. The molecule has 504 valence electrons. The number of nitrogens with zero attached hydrogens (tertiary/aromatic N) is 2. The molecule has 9 saturated heterocycles. The first-order valence-electron chi connectivity index (χ1n) is 33.2. The lowest BCUT2D eigenvalue weighted by atomic mass is 9.76. The van der Waals surface area contributed by atoms with Crippen LogP contribution in [0.5, 0.6) is 0 Å². The van der Waals surface area contributed by atoms with Gasteiger partial charge in [-0.3, -0.25) is 19.4 Å². The number of carbonyl (C=O) groups is 2. The zero-order chi connectivity index (χ0) is 64.2. The number of hydrogen-bond acceptors (Lipinski definition) is 22. The van der Waals surface area contributed by atoms with E-state index in [2.05, 4.69) is 23.6 Å². The van der Waals surface area contributed by atoms with Gasteiger partial charge in [0.25, 0.3) is 0 Å². The Morgan fingerprint density at radius 2 is 1.01 bits per heavy atom. The third-order valence-electron chi connectivity index (χ3n) is 21.8. The summed E-state index contributed by atoms with van der Waals surface area (Å²) in [7, 11) is 0. The molecule has 87 heavy (non-hydrogen) atoms. The Labute approximate surface area is 518 Å². The monoisotopic (exact) mass is 1240 g/mol. The van der Waals surface area contributed by atoms with Gasteiger partial charge in [-0.15, -0.1) is 0 Å². The lowest BCUT2D eigenvalue weighted by molar-refractivity contribution is -0.303. The fourth-order valence-electron chi connectivity index (χ4n) is 17.1. The molecule has 0 aromatic heterocycles. The molecule has 22 nitrogen and oxygen atoms in total. The topological polar surface area (TPSA) is 273 Å². The predicted octanol–water partition coefficient (Wildman–Crippen LogP) is 4.74. The Kier molecular flexibility index (Phi) is 22.9. The van der Waals surface area contributed by atoms with Crippen molar-refractivity contribution in [3.8, 4) is 0 Å². The molecule has 9 rings (SSSR count). The van der Waals surface area contributed by atoms with Crippen LogP contribution in [0.4, 0.5) is 0 Å². The Bertz CT molecular complexity index is 2260. The molecule has 30 atom stereocenters. The lowest BCUT2D eigenvalue weighted by Gasteiger charge is -2.48. The third-order valence-corrected chi connectivity index (χ3v) is 21.8. The van der Waals surface area contributed by atoms with Gasteiger partial charge < -0.3 is 87.5 Å². The Morgan fingerprint density at radius 1 is 0.598 bits per heavy atom. The van der Waals surface area contributed by atoms with E-state index >= 15 is 0 Å². The molecule has 0 spiro atoms. The van der Waals surface area contributed by atoms with E-state index < -0.39 is 143 Å². The van der Waals surface area contributed by atoms with Crippen LogP contribution in [0, 0.1) is 47.3 Å². The van der Waals surface area contributed by atoms with Gasteiger partial charge in [0.05, 0.1) is 111 Å².